The Morgan fingerprint density at radius 1 is 1.37 bits per heavy atom. The quantitative estimate of drug-likeness (QED) is 0.466. The normalized spacial score (nSPS) is 16.5. The molecule has 1 aromatic carbocycles. The standard InChI is InChI=1S/C20H27N7O3/c1-25(2)18-10-17(13-29)23-27(18)9-8-16(12-28)22-20(30)19-21-14-26(24-19)11-15-6-4-3-5-7-15/h3-7,10,12,14,16,19,24,29H,8-9,11,13H2,1-2H3,(H,22,30). The van der Waals surface area contributed by atoms with E-state index in [0.29, 0.717) is 31.5 Å². The van der Waals surface area contributed by atoms with E-state index >= 15 is 0 Å². The summed E-state index contributed by atoms with van der Waals surface area (Å²) in [5, 5.41) is 18.1. The molecule has 1 aromatic heterocycles. The van der Waals surface area contributed by atoms with Gasteiger partial charge in [0.1, 0.15) is 18.4 Å². The molecule has 2 atom stereocenters. The molecule has 0 aliphatic carbocycles. The Kier molecular flexibility index (Phi) is 7.15. The summed E-state index contributed by atoms with van der Waals surface area (Å²) < 4.78 is 1.71. The fourth-order valence-corrected chi connectivity index (χ4v) is 3.12. The van der Waals surface area contributed by atoms with E-state index in [4.69, 9.17) is 0 Å². The summed E-state index contributed by atoms with van der Waals surface area (Å²) in [6, 6.07) is 10.9. The fraction of sp³-hybridized carbons (Fsp3) is 0.400. The highest BCUT2D eigenvalue weighted by molar-refractivity contribution is 5.86. The van der Waals surface area contributed by atoms with Gasteiger partial charge >= 0.3 is 0 Å². The van der Waals surface area contributed by atoms with Crippen LogP contribution in [-0.4, -0.2) is 64.7 Å². The summed E-state index contributed by atoms with van der Waals surface area (Å²) >= 11 is 0. The van der Waals surface area contributed by atoms with Crippen LogP contribution in [0.15, 0.2) is 41.4 Å². The van der Waals surface area contributed by atoms with Gasteiger partial charge in [-0.3, -0.25) is 9.80 Å². The summed E-state index contributed by atoms with van der Waals surface area (Å²) in [6.45, 7) is 0.830. The van der Waals surface area contributed by atoms with Crippen LogP contribution in [0.2, 0.25) is 0 Å². The first-order valence-corrected chi connectivity index (χ1v) is 9.70. The first-order valence-electron chi connectivity index (χ1n) is 9.70. The van der Waals surface area contributed by atoms with Crippen molar-refractivity contribution in [2.45, 2.75) is 38.3 Å². The number of nitrogens with one attached hydrogen (secondary N) is 2. The number of aliphatic hydroxyl groups excluding tert-OH is 1. The Balaban J connectivity index is 1.51. The minimum atomic E-state index is -0.779. The van der Waals surface area contributed by atoms with Crippen molar-refractivity contribution in [1.82, 2.24) is 25.5 Å². The maximum absolute atomic E-state index is 12.5. The minimum Gasteiger partial charge on any atom is -0.390 e. The van der Waals surface area contributed by atoms with Crippen LogP contribution in [-0.2, 0) is 29.3 Å². The number of amides is 1. The summed E-state index contributed by atoms with van der Waals surface area (Å²) in [6.07, 6.45) is 1.88. The highest BCUT2D eigenvalue weighted by Gasteiger charge is 2.25. The molecule has 0 bridgehead atoms. The maximum Gasteiger partial charge on any atom is 0.261 e. The third-order valence-corrected chi connectivity index (χ3v) is 4.66. The van der Waals surface area contributed by atoms with Gasteiger partial charge in [-0.05, 0) is 12.0 Å². The number of benzene rings is 1. The third kappa shape index (κ3) is 5.43. The summed E-state index contributed by atoms with van der Waals surface area (Å²) in [5.74, 6) is 0.442. The van der Waals surface area contributed by atoms with Gasteiger partial charge in [-0.2, -0.15) is 5.10 Å². The molecule has 1 aliphatic rings. The van der Waals surface area contributed by atoms with E-state index < -0.39 is 12.2 Å². The lowest BCUT2D eigenvalue weighted by Crippen LogP contribution is -2.49. The lowest BCUT2D eigenvalue weighted by molar-refractivity contribution is -0.126. The number of hydrogen-bond acceptors (Lipinski definition) is 8. The van der Waals surface area contributed by atoms with E-state index in [-0.39, 0.29) is 12.5 Å². The Morgan fingerprint density at radius 2 is 2.13 bits per heavy atom. The first kappa shape index (κ1) is 21.5. The lowest BCUT2D eigenvalue weighted by Gasteiger charge is -2.20. The zero-order valence-electron chi connectivity index (χ0n) is 17.1. The van der Waals surface area contributed by atoms with Crippen LogP contribution < -0.4 is 15.6 Å². The Bertz CT molecular complexity index is 882. The van der Waals surface area contributed by atoms with Crippen molar-refractivity contribution in [3.05, 3.63) is 47.7 Å². The number of aryl methyl sites for hydroxylation is 1. The SMILES string of the molecule is CN(C)c1cc(CO)nn1CCC(C=O)NC(=O)C1N=CN(Cc2ccccc2)N1. The van der Waals surface area contributed by atoms with E-state index in [1.807, 2.05) is 49.3 Å². The summed E-state index contributed by atoms with van der Waals surface area (Å²) in [7, 11) is 3.75. The molecule has 0 fully saturated rings. The van der Waals surface area contributed by atoms with Gasteiger partial charge in [-0.25, -0.2) is 15.1 Å². The topological polar surface area (TPSA) is 115 Å². The van der Waals surface area contributed by atoms with Gasteiger partial charge in [0.05, 0.1) is 24.9 Å². The molecule has 10 heteroatoms. The molecule has 2 unspecified atom stereocenters. The van der Waals surface area contributed by atoms with Crippen molar-refractivity contribution in [2.24, 2.45) is 4.99 Å². The van der Waals surface area contributed by atoms with E-state index in [0.717, 1.165) is 11.4 Å². The molecule has 10 nitrogen and oxygen atoms in total. The van der Waals surface area contributed by atoms with Gasteiger partial charge in [0.25, 0.3) is 5.91 Å². The van der Waals surface area contributed by atoms with Gasteiger partial charge in [0.15, 0.2) is 6.17 Å². The van der Waals surface area contributed by atoms with Crippen molar-refractivity contribution in [3.8, 4) is 0 Å². The van der Waals surface area contributed by atoms with E-state index in [1.165, 1.54) is 0 Å². The second kappa shape index (κ2) is 9.99. The summed E-state index contributed by atoms with van der Waals surface area (Å²) in [4.78, 5) is 30.1. The molecule has 1 aliphatic heterocycles. The number of hydrogen-bond donors (Lipinski definition) is 3. The van der Waals surface area contributed by atoms with E-state index in [1.54, 1.807) is 22.1 Å². The number of aromatic nitrogens is 2. The van der Waals surface area contributed by atoms with Crippen LogP contribution in [0.1, 0.15) is 17.7 Å². The van der Waals surface area contributed by atoms with Crippen LogP contribution in [0.25, 0.3) is 0 Å². The smallest absolute Gasteiger partial charge is 0.261 e. The third-order valence-electron chi connectivity index (χ3n) is 4.66. The van der Waals surface area contributed by atoms with E-state index in [9.17, 15) is 14.7 Å². The Labute approximate surface area is 175 Å². The zero-order valence-corrected chi connectivity index (χ0v) is 17.1. The number of hydrazine groups is 1. The average molecular weight is 413 g/mol. The van der Waals surface area contributed by atoms with Crippen molar-refractivity contribution in [3.63, 3.8) is 0 Å². The molecule has 2 heterocycles. The molecule has 160 valence electrons. The highest BCUT2D eigenvalue weighted by Crippen LogP contribution is 2.15. The van der Waals surface area contributed by atoms with Gasteiger partial charge in [0, 0.05) is 26.7 Å². The van der Waals surface area contributed by atoms with Gasteiger partial charge in [-0.1, -0.05) is 30.3 Å². The largest absolute Gasteiger partial charge is 0.390 e. The molecule has 0 saturated carbocycles. The number of carbonyl (C=O) groups excluding carboxylic acids is 2. The monoisotopic (exact) mass is 413 g/mol. The van der Waals surface area contributed by atoms with Gasteiger partial charge in [-0.15, -0.1) is 0 Å². The van der Waals surface area contributed by atoms with Crippen molar-refractivity contribution in [2.75, 3.05) is 19.0 Å². The lowest BCUT2D eigenvalue weighted by atomic mass is 10.2. The summed E-state index contributed by atoms with van der Waals surface area (Å²) in [5.41, 5.74) is 4.64. The molecule has 30 heavy (non-hydrogen) atoms. The van der Waals surface area contributed by atoms with Crippen LogP contribution in [0.4, 0.5) is 5.82 Å². The average Bonchev–Trinajstić information content (AvgIpc) is 3.38. The number of rotatable bonds is 10. The molecule has 0 radical (unpaired) electrons. The van der Waals surface area contributed by atoms with Gasteiger partial charge in [0.2, 0.25) is 0 Å². The van der Waals surface area contributed by atoms with Crippen LogP contribution >= 0.6 is 0 Å². The number of anilines is 1. The van der Waals surface area contributed by atoms with Crippen LogP contribution in [0.3, 0.4) is 0 Å². The zero-order chi connectivity index (χ0) is 21.5. The molecule has 1 amide bonds. The first-order chi connectivity index (χ1) is 14.5. The second-order valence-corrected chi connectivity index (χ2v) is 7.22. The molecule has 0 saturated heterocycles. The molecule has 2 aromatic rings. The van der Waals surface area contributed by atoms with Crippen LogP contribution in [0.5, 0.6) is 0 Å². The molecular weight excluding hydrogens is 386 g/mol. The Hall–Kier alpha value is -3.24. The number of aliphatic hydroxyl groups is 1. The molecular formula is C20H27N7O3. The maximum atomic E-state index is 12.5. The highest BCUT2D eigenvalue weighted by atomic mass is 16.3. The number of carbonyl (C=O) groups is 2. The minimum absolute atomic E-state index is 0.160. The van der Waals surface area contributed by atoms with Crippen molar-refractivity contribution < 1.29 is 14.7 Å². The second-order valence-electron chi connectivity index (χ2n) is 7.22. The predicted octanol–water partition coefficient (Wildman–Crippen LogP) is -0.110. The molecule has 0 spiro atoms. The number of aldehydes is 1. The van der Waals surface area contributed by atoms with Crippen LogP contribution in [0, 0.1) is 0 Å². The van der Waals surface area contributed by atoms with Crippen molar-refractivity contribution >= 4 is 24.3 Å². The molecule has 3 N–H and O–H groups in total. The van der Waals surface area contributed by atoms with Crippen molar-refractivity contribution in [1.29, 1.82) is 0 Å². The fourth-order valence-electron chi connectivity index (χ4n) is 3.12. The number of nitrogens with zero attached hydrogens (tertiary/aromatic N) is 5. The number of aliphatic imine (C=N–C) groups is 1. The van der Waals surface area contributed by atoms with E-state index in [2.05, 4.69) is 20.8 Å². The predicted molar refractivity (Wildman–Crippen MR) is 112 cm³/mol. The Morgan fingerprint density at radius 3 is 2.80 bits per heavy atom. The van der Waals surface area contributed by atoms with Gasteiger partial charge < -0.3 is 20.1 Å². The molecule has 3 rings (SSSR count).